The summed E-state index contributed by atoms with van der Waals surface area (Å²) in [6.45, 7) is 5.30. The molecule has 1 N–H and O–H groups in total. The van der Waals surface area contributed by atoms with Gasteiger partial charge in [-0.25, -0.2) is 9.18 Å². The molecular formula is C27H24FNO5. The standard InChI is InChI=1S/C27H24FNO5/c1-3-31-27(30)25-22-14-21-16(2)32-13-12-29-23(21)15-24(22)34-26(25)17-4-8-19(9-5-17)33-20-10-6-18(28)7-11-20/h4-11,14-16,29H,3,12-13H2,1-2H3. The second-order valence-electron chi connectivity index (χ2n) is 7.98. The first-order valence-corrected chi connectivity index (χ1v) is 11.2. The molecule has 2 heterocycles. The minimum Gasteiger partial charge on any atom is -0.462 e. The van der Waals surface area contributed by atoms with Gasteiger partial charge in [0.25, 0.3) is 0 Å². The van der Waals surface area contributed by atoms with E-state index in [0.717, 1.165) is 11.3 Å². The van der Waals surface area contributed by atoms with E-state index in [4.69, 9.17) is 18.6 Å². The Morgan fingerprint density at radius 2 is 1.79 bits per heavy atom. The second-order valence-corrected chi connectivity index (χ2v) is 7.98. The molecule has 0 amide bonds. The number of carbonyl (C=O) groups excluding carboxylic acids is 1. The van der Waals surface area contributed by atoms with Gasteiger partial charge in [-0.2, -0.15) is 0 Å². The molecule has 0 aliphatic carbocycles. The topological polar surface area (TPSA) is 69.9 Å². The lowest BCUT2D eigenvalue weighted by atomic mass is 10.0. The van der Waals surface area contributed by atoms with Gasteiger partial charge in [-0.05, 0) is 68.4 Å². The predicted molar refractivity (Wildman–Crippen MR) is 127 cm³/mol. The molecule has 7 heteroatoms. The zero-order valence-corrected chi connectivity index (χ0v) is 18.9. The van der Waals surface area contributed by atoms with Crippen molar-refractivity contribution >= 4 is 22.6 Å². The first kappa shape index (κ1) is 22.0. The molecule has 1 aliphatic rings. The Bertz CT molecular complexity index is 1330. The Morgan fingerprint density at radius 3 is 2.50 bits per heavy atom. The van der Waals surface area contributed by atoms with Crippen LogP contribution in [0.1, 0.15) is 35.9 Å². The van der Waals surface area contributed by atoms with Crippen molar-refractivity contribution in [2.75, 3.05) is 25.1 Å². The number of hydrogen-bond donors (Lipinski definition) is 1. The third-order valence-electron chi connectivity index (χ3n) is 5.73. The molecule has 6 nitrogen and oxygen atoms in total. The van der Waals surface area contributed by atoms with Crippen LogP contribution in [-0.2, 0) is 9.47 Å². The van der Waals surface area contributed by atoms with Crippen LogP contribution in [0.5, 0.6) is 11.5 Å². The number of nitrogens with one attached hydrogen (secondary N) is 1. The van der Waals surface area contributed by atoms with Gasteiger partial charge >= 0.3 is 5.97 Å². The summed E-state index contributed by atoms with van der Waals surface area (Å²) in [6, 6.07) is 16.8. The highest BCUT2D eigenvalue weighted by Gasteiger charge is 2.26. The third kappa shape index (κ3) is 4.22. The lowest BCUT2D eigenvalue weighted by Crippen LogP contribution is -2.06. The first-order valence-electron chi connectivity index (χ1n) is 11.2. The van der Waals surface area contributed by atoms with Crippen LogP contribution in [0, 0.1) is 5.82 Å². The van der Waals surface area contributed by atoms with Crippen LogP contribution in [0.25, 0.3) is 22.3 Å². The summed E-state index contributed by atoms with van der Waals surface area (Å²) >= 11 is 0. The molecule has 174 valence electrons. The second kappa shape index (κ2) is 9.19. The molecule has 4 aromatic rings. The smallest absolute Gasteiger partial charge is 0.342 e. The highest BCUT2D eigenvalue weighted by molar-refractivity contribution is 6.09. The van der Waals surface area contributed by atoms with Crippen LogP contribution in [-0.4, -0.2) is 25.7 Å². The molecule has 1 atom stereocenters. The highest BCUT2D eigenvalue weighted by Crippen LogP contribution is 2.40. The van der Waals surface area contributed by atoms with Crippen LogP contribution in [0.4, 0.5) is 10.1 Å². The van der Waals surface area contributed by atoms with Crippen LogP contribution in [0.3, 0.4) is 0 Å². The molecule has 1 unspecified atom stereocenters. The summed E-state index contributed by atoms with van der Waals surface area (Å²) in [5, 5.41) is 4.04. The van der Waals surface area contributed by atoms with Gasteiger partial charge in [-0.1, -0.05) is 0 Å². The maximum atomic E-state index is 13.1. The molecule has 0 saturated carbocycles. The Kier molecular flexibility index (Phi) is 5.94. The van der Waals surface area contributed by atoms with E-state index in [-0.39, 0.29) is 18.5 Å². The SMILES string of the molecule is CCOC(=O)c1c(-c2ccc(Oc3ccc(F)cc3)cc2)oc2cc3c(cc12)C(C)OCCN3. The lowest BCUT2D eigenvalue weighted by Gasteiger charge is -2.12. The largest absolute Gasteiger partial charge is 0.462 e. The zero-order chi connectivity index (χ0) is 23.7. The minimum atomic E-state index is -0.446. The van der Waals surface area contributed by atoms with Crippen molar-refractivity contribution < 1.29 is 27.8 Å². The van der Waals surface area contributed by atoms with Crippen molar-refractivity contribution in [3.05, 3.63) is 77.6 Å². The molecule has 1 aromatic heterocycles. The fraction of sp³-hybridized carbons (Fsp3) is 0.222. The van der Waals surface area contributed by atoms with E-state index in [2.05, 4.69) is 5.32 Å². The molecule has 0 saturated heterocycles. The number of anilines is 1. The van der Waals surface area contributed by atoms with E-state index in [1.54, 1.807) is 31.2 Å². The predicted octanol–water partition coefficient (Wildman–Crippen LogP) is 6.71. The average molecular weight is 461 g/mol. The summed E-state index contributed by atoms with van der Waals surface area (Å²) in [6.07, 6.45) is -0.120. The van der Waals surface area contributed by atoms with E-state index < -0.39 is 5.97 Å². The molecular weight excluding hydrogens is 437 g/mol. The van der Waals surface area contributed by atoms with Crippen molar-refractivity contribution in [1.82, 2.24) is 0 Å². The maximum Gasteiger partial charge on any atom is 0.342 e. The number of hydrogen-bond acceptors (Lipinski definition) is 6. The quantitative estimate of drug-likeness (QED) is 0.333. The van der Waals surface area contributed by atoms with Gasteiger partial charge in [0, 0.05) is 34.8 Å². The number of fused-ring (bicyclic) bond motifs is 2. The molecule has 0 radical (unpaired) electrons. The summed E-state index contributed by atoms with van der Waals surface area (Å²) in [5.41, 5.74) is 3.56. The van der Waals surface area contributed by atoms with Crippen molar-refractivity contribution in [2.24, 2.45) is 0 Å². The first-order chi connectivity index (χ1) is 16.5. The monoisotopic (exact) mass is 461 g/mol. The molecule has 0 fully saturated rings. The van der Waals surface area contributed by atoms with E-state index in [1.165, 1.54) is 12.1 Å². The highest BCUT2D eigenvalue weighted by atomic mass is 19.1. The van der Waals surface area contributed by atoms with Crippen molar-refractivity contribution in [2.45, 2.75) is 20.0 Å². The van der Waals surface area contributed by atoms with E-state index in [0.29, 0.717) is 52.5 Å². The van der Waals surface area contributed by atoms with Crippen LogP contribution in [0.15, 0.2) is 65.1 Å². The third-order valence-corrected chi connectivity index (χ3v) is 5.73. The van der Waals surface area contributed by atoms with Crippen molar-refractivity contribution in [3.63, 3.8) is 0 Å². The zero-order valence-electron chi connectivity index (χ0n) is 18.9. The number of benzene rings is 3. The van der Waals surface area contributed by atoms with Crippen LogP contribution >= 0.6 is 0 Å². The normalized spacial score (nSPS) is 15.3. The Hall–Kier alpha value is -3.84. The van der Waals surface area contributed by atoms with E-state index in [1.807, 2.05) is 31.2 Å². The molecule has 0 bridgehead atoms. The minimum absolute atomic E-state index is 0.120. The number of esters is 1. The Labute approximate surface area is 196 Å². The molecule has 5 rings (SSSR count). The average Bonchev–Trinajstić information content (AvgIpc) is 3.11. The number of halogens is 1. The fourth-order valence-electron chi connectivity index (χ4n) is 4.08. The molecule has 0 spiro atoms. The van der Waals surface area contributed by atoms with E-state index >= 15 is 0 Å². The number of carbonyl (C=O) groups is 1. The van der Waals surface area contributed by atoms with Gasteiger partial charge in [0.2, 0.25) is 0 Å². The number of rotatable bonds is 5. The Morgan fingerprint density at radius 1 is 1.09 bits per heavy atom. The van der Waals surface area contributed by atoms with Gasteiger partial charge in [0.05, 0.1) is 19.3 Å². The van der Waals surface area contributed by atoms with E-state index in [9.17, 15) is 9.18 Å². The van der Waals surface area contributed by atoms with Gasteiger partial charge in [0.15, 0.2) is 0 Å². The van der Waals surface area contributed by atoms with Crippen molar-refractivity contribution in [1.29, 1.82) is 0 Å². The van der Waals surface area contributed by atoms with Crippen molar-refractivity contribution in [3.8, 4) is 22.8 Å². The fourth-order valence-corrected chi connectivity index (χ4v) is 4.08. The van der Waals surface area contributed by atoms with Gasteiger partial charge < -0.3 is 23.9 Å². The maximum absolute atomic E-state index is 13.1. The van der Waals surface area contributed by atoms with Crippen LogP contribution < -0.4 is 10.1 Å². The van der Waals surface area contributed by atoms with Crippen LogP contribution in [0.2, 0.25) is 0 Å². The summed E-state index contributed by atoms with van der Waals surface area (Å²) in [5.74, 6) is 0.752. The number of furan rings is 1. The summed E-state index contributed by atoms with van der Waals surface area (Å²) in [4.78, 5) is 13.0. The van der Waals surface area contributed by atoms with Gasteiger partial charge in [-0.15, -0.1) is 0 Å². The number of ether oxygens (including phenoxy) is 3. The van der Waals surface area contributed by atoms with Gasteiger partial charge in [-0.3, -0.25) is 0 Å². The van der Waals surface area contributed by atoms with Gasteiger partial charge in [0.1, 0.15) is 34.2 Å². The molecule has 1 aliphatic heterocycles. The molecule has 3 aromatic carbocycles. The summed E-state index contributed by atoms with van der Waals surface area (Å²) < 4.78 is 36.3. The molecule has 34 heavy (non-hydrogen) atoms. The Balaban J connectivity index is 1.56. The summed E-state index contributed by atoms with van der Waals surface area (Å²) in [7, 11) is 0. The lowest BCUT2D eigenvalue weighted by molar-refractivity contribution is 0.0528.